The molecule has 0 aromatic carbocycles. The lowest BCUT2D eigenvalue weighted by Crippen LogP contribution is -2.16. The molecule has 0 amide bonds. The summed E-state index contributed by atoms with van der Waals surface area (Å²) < 4.78 is 0. The molecule has 1 N–H and O–H groups in total. The largest absolute Gasteiger partial charge is 0.392 e. The normalized spacial score (nSPS) is 25.5. The summed E-state index contributed by atoms with van der Waals surface area (Å²) in [6.07, 6.45) is 7.92. The molecule has 0 aromatic heterocycles. The standard InChI is InChI=1S/C14H24O/c1-5-12(10-15)6-7-13-8-11(2)9-14(13,3)4/h6,9,13,15H,5,7-8,10H2,1-4H3/b12-6+. The second-order valence-electron chi connectivity index (χ2n) is 5.32. The van der Waals surface area contributed by atoms with Gasteiger partial charge in [0.25, 0.3) is 0 Å². The zero-order valence-corrected chi connectivity index (χ0v) is 10.5. The van der Waals surface area contributed by atoms with Crippen molar-refractivity contribution in [2.24, 2.45) is 11.3 Å². The van der Waals surface area contributed by atoms with Gasteiger partial charge in [-0.25, -0.2) is 0 Å². The molecule has 1 atom stereocenters. The van der Waals surface area contributed by atoms with Gasteiger partial charge >= 0.3 is 0 Å². The molecular formula is C14H24O. The number of hydrogen-bond donors (Lipinski definition) is 1. The van der Waals surface area contributed by atoms with Crippen LogP contribution in [0, 0.1) is 11.3 Å². The molecule has 0 fully saturated rings. The zero-order chi connectivity index (χ0) is 11.5. The number of aliphatic hydroxyl groups is 1. The van der Waals surface area contributed by atoms with Gasteiger partial charge in [0.15, 0.2) is 0 Å². The topological polar surface area (TPSA) is 20.2 Å². The third-order valence-corrected chi connectivity index (χ3v) is 3.59. The van der Waals surface area contributed by atoms with Gasteiger partial charge in [-0.15, -0.1) is 0 Å². The number of hydrogen-bond acceptors (Lipinski definition) is 1. The second-order valence-corrected chi connectivity index (χ2v) is 5.32. The Kier molecular flexibility index (Phi) is 4.15. The third-order valence-electron chi connectivity index (χ3n) is 3.59. The van der Waals surface area contributed by atoms with Crippen LogP contribution in [-0.4, -0.2) is 11.7 Å². The van der Waals surface area contributed by atoms with Crippen LogP contribution >= 0.6 is 0 Å². The Morgan fingerprint density at radius 2 is 2.27 bits per heavy atom. The lowest BCUT2D eigenvalue weighted by Gasteiger charge is -2.25. The molecule has 0 saturated heterocycles. The van der Waals surface area contributed by atoms with Gasteiger partial charge in [-0.3, -0.25) is 0 Å². The van der Waals surface area contributed by atoms with Gasteiger partial charge in [-0.05, 0) is 43.1 Å². The van der Waals surface area contributed by atoms with E-state index in [-0.39, 0.29) is 6.61 Å². The van der Waals surface area contributed by atoms with Crippen LogP contribution in [0.15, 0.2) is 23.3 Å². The molecule has 0 saturated carbocycles. The molecule has 0 heterocycles. The molecule has 0 aromatic rings. The molecule has 15 heavy (non-hydrogen) atoms. The van der Waals surface area contributed by atoms with Crippen molar-refractivity contribution in [3.63, 3.8) is 0 Å². The van der Waals surface area contributed by atoms with Crippen molar-refractivity contribution >= 4 is 0 Å². The maximum absolute atomic E-state index is 9.10. The van der Waals surface area contributed by atoms with E-state index in [2.05, 4.69) is 39.8 Å². The van der Waals surface area contributed by atoms with Crippen molar-refractivity contribution in [2.75, 3.05) is 6.61 Å². The van der Waals surface area contributed by atoms with Crippen LogP contribution in [0.2, 0.25) is 0 Å². The molecule has 0 spiro atoms. The van der Waals surface area contributed by atoms with E-state index in [1.54, 1.807) is 0 Å². The predicted molar refractivity (Wildman–Crippen MR) is 65.7 cm³/mol. The number of rotatable bonds is 4. The summed E-state index contributed by atoms with van der Waals surface area (Å²) in [6.45, 7) is 9.17. The van der Waals surface area contributed by atoms with Crippen LogP contribution in [0.5, 0.6) is 0 Å². The van der Waals surface area contributed by atoms with Crippen LogP contribution in [0.1, 0.15) is 47.0 Å². The van der Waals surface area contributed by atoms with E-state index < -0.39 is 0 Å². The molecule has 0 bridgehead atoms. The molecule has 1 unspecified atom stereocenters. The fourth-order valence-electron chi connectivity index (χ4n) is 2.48. The van der Waals surface area contributed by atoms with Crippen molar-refractivity contribution in [3.8, 4) is 0 Å². The molecule has 1 heteroatoms. The lowest BCUT2D eigenvalue weighted by atomic mass is 9.79. The minimum absolute atomic E-state index is 0.218. The van der Waals surface area contributed by atoms with Gasteiger partial charge in [0.1, 0.15) is 0 Å². The summed E-state index contributed by atoms with van der Waals surface area (Å²) in [5.41, 5.74) is 3.02. The fourth-order valence-corrected chi connectivity index (χ4v) is 2.48. The predicted octanol–water partition coefficient (Wildman–Crippen LogP) is 3.70. The number of aliphatic hydroxyl groups excluding tert-OH is 1. The highest BCUT2D eigenvalue weighted by Crippen LogP contribution is 2.42. The minimum atomic E-state index is 0.218. The van der Waals surface area contributed by atoms with Crippen molar-refractivity contribution in [1.29, 1.82) is 0 Å². The van der Waals surface area contributed by atoms with Crippen LogP contribution in [0.4, 0.5) is 0 Å². The van der Waals surface area contributed by atoms with E-state index in [4.69, 9.17) is 5.11 Å². The van der Waals surface area contributed by atoms with Gasteiger partial charge in [-0.2, -0.15) is 0 Å². The first-order chi connectivity index (χ1) is 6.99. The van der Waals surface area contributed by atoms with Gasteiger partial charge in [-0.1, -0.05) is 38.5 Å². The third kappa shape index (κ3) is 3.20. The molecule has 0 aliphatic heterocycles. The van der Waals surface area contributed by atoms with Crippen LogP contribution in [0.3, 0.4) is 0 Å². The maximum atomic E-state index is 9.10. The van der Waals surface area contributed by atoms with Crippen LogP contribution in [-0.2, 0) is 0 Å². The monoisotopic (exact) mass is 208 g/mol. The summed E-state index contributed by atoms with van der Waals surface area (Å²) in [5, 5.41) is 9.10. The Bertz CT molecular complexity index is 265. The molecule has 1 rings (SSSR count). The van der Waals surface area contributed by atoms with E-state index >= 15 is 0 Å². The van der Waals surface area contributed by atoms with E-state index in [1.165, 1.54) is 17.6 Å². The summed E-state index contributed by atoms with van der Waals surface area (Å²) in [7, 11) is 0. The molecule has 1 nitrogen and oxygen atoms in total. The molecular weight excluding hydrogens is 184 g/mol. The van der Waals surface area contributed by atoms with Crippen molar-refractivity contribution in [1.82, 2.24) is 0 Å². The summed E-state index contributed by atoms with van der Waals surface area (Å²) in [5.74, 6) is 0.714. The van der Waals surface area contributed by atoms with E-state index in [1.807, 2.05) is 0 Å². The Morgan fingerprint density at radius 1 is 1.60 bits per heavy atom. The van der Waals surface area contributed by atoms with E-state index in [0.29, 0.717) is 11.3 Å². The van der Waals surface area contributed by atoms with Gasteiger partial charge in [0, 0.05) is 0 Å². The Labute approximate surface area is 93.9 Å². The van der Waals surface area contributed by atoms with Crippen LogP contribution in [0.25, 0.3) is 0 Å². The Morgan fingerprint density at radius 3 is 2.67 bits per heavy atom. The highest BCUT2D eigenvalue weighted by molar-refractivity contribution is 5.17. The first kappa shape index (κ1) is 12.5. The maximum Gasteiger partial charge on any atom is 0.0641 e. The Hall–Kier alpha value is -0.560. The first-order valence-electron chi connectivity index (χ1n) is 5.96. The number of allylic oxidation sites excluding steroid dienone is 3. The van der Waals surface area contributed by atoms with Crippen molar-refractivity contribution < 1.29 is 5.11 Å². The van der Waals surface area contributed by atoms with Crippen LogP contribution < -0.4 is 0 Å². The van der Waals surface area contributed by atoms with Gasteiger partial charge in [0.2, 0.25) is 0 Å². The molecule has 1 aliphatic carbocycles. The van der Waals surface area contributed by atoms with E-state index in [0.717, 1.165) is 12.8 Å². The fraction of sp³-hybridized carbons (Fsp3) is 0.714. The summed E-state index contributed by atoms with van der Waals surface area (Å²) in [4.78, 5) is 0. The average Bonchev–Trinajstić information content (AvgIpc) is 2.41. The summed E-state index contributed by atoms with van der Waals surface area (Å²) >= 11 is 0. The van der Waals surface area contributed by atoms with Crippen molar-refractivity contribution in [3.05, 3.63) is 23.3 Å². The average molecular weight is 208 g/mol. The molecule has 1 aliphatic rings. The van der Waals surface area contributed by atoms with Gasteiger partial charge < -0.3 is 5.11 Å². The highest BCUT2D eigenvalue weighted by atomic mass is 16.3. The lowest BCUT2D eigenvalue weighted by molar-refractivity contribution is 0.304. The second kappa shape index (κ2) is 4.98. The quantitative estimate of drug-likeness (QED) is 0.698. The van der Waals surface area contributed by atoms with Crippen molar-refractivity contribution in [2.45, 2.75) is 47.0 Å². The Balaban J connectivity index is 2.58. The summed E-state index contributed by atoms with van der Waals surface area (Å²) in [6, 6.07) is 0. The van der Waals surface area contributed by atoms with E-state index in [9.17, 15) is 0 Å². The van der Waals surface area contributed by atoms with Gasteiger partial charge in [0.05, 0.1) is 6.61 Å². The minimum Gasteiger partial charge on any atom is -0.392 e. The smallest absolute Gasteiger partial charge is 0.0641 e. The molecule has 86 valence electrons. The highest BCUT2D eigenvalue weighted by Gasteiger charge is 2.31. The SMILES string of the molecule is CC/C(=C\CC1CC(C)=CC1(C)C)CO. The first-order valence-corrected chi connectivity index (χ1v) is 5.96. The zero-order valence-electron chi connectivity index (χ0n) is 10.5. The molecule has 0 radical (unpaired) electrons.